The maximum atomic E-state index is 13.0. The van der Waals surface area contributed by atoms with Crippen molar-refractivity contribution in [3.8, 4) is 5.75 Å². The second kappa shape index (κ2) is 8.91. The predicted octanol–water partition coefficient (Wildman–Crippen LogP) is 2.71. The molecule has 0 aromatic heterocycles. The van der Waals surface area contributed by atoms with Crippen LogP contribution in [0.15, 0.2) is 54.6 Å². The third-order valence-corrected chi connectivity index (χ3v) is 6.82. The Balaban J connectivity index is 1.25. The molecule has 5 rings (SSSR count). The molecule has 4 atom stereocenters. The van der Waals surface area contributed by atoms with Crippen LogP contribution in [0.4, 0.5) is 17.1 Å². The Hall–Kier alpha value is -4.54. The van der Waals surface area contributed by atoms with Crippen LogP contribution in [0.3, 0.4) is 0 Å². The number of carbonyl (C=O) groups excluding carboxylic acids is 4. The van der Waals surface area contributed by atoms with Gasteiger partial charge >= 0.3 is 5.97 Å². The number of rotatable bonds is 7. The molecule has 184 valence electrons. The van der Waals surface area contributed by atoms with Crippen LogP contribution in [0.25, 0.3) is 0 Å². The van der Waals surface area contributed by atoms with E-state index in [1.807, 2.05) is 12.2 Å². The second-order valence-electron chi connectivity index (χ2n) is 8.83. The lowest BCUT2D eigenvalue weighted by Crippen LogP contribution is -2.33. The molecule has 11 nitrogen and oxygen atoms in total. The molecule has 0 spiro atoms. The highest BCUT2D eigenvalue weighted by molar-refractivity contribution is 6.23. The molecule has 2 aliphatic carbocycles. The Labute approximate surface area is 204 Å². The first-order chi connectivity index (χ1) is 17.3. The SMILES string of the molecule is COc1ccc([N+](=O)[O-])c(NC(=O)COC(=O)c2cccc(N3C(=O)[C@H]4[C@H](C3=O)[C@H]3C=C[C@H]4C3)c2)c1. The zero-order valence-electron chi connectivity index (χ0n) is 19.1. The van der Waals surface area contributed by atoms with Gasteiger partial charge in [-0.1, -0.05) is 18.2 Å². The van der Waals surface area contributed by atoms with Crippen molar-refractivity contribution in [1.29, 1.82) is 0 Å². The van der Waals surface area contributed by atoms with E-state index in [0.717, 1.165) is 11.3 Å². The maximum absolute atomic E-state index is 13.0. The molecular weight excluding hydrogens is 470 g/mol. The summed E-state index contributed by atoms with van der Waals surface area (Å²) < 4.78 is 10.1. The quantitative estimate of drug-likeness (QED) is 0.205. The Morgan fingerprint density at radius 1 is 1.08 bits per heavy atom. The number of esters is 1. The van der Waals surface area contributed by atoms with Crippen molar-refractivity contribution in [1.82, 2.24) is 0 Å². The Morgan fingerprint density at radius 2 is 1.78 bits per heavy atom. The number of nitrogens with one attached hydrogen (secondary N) is 1. The summed E-state index contributed by atoms with van der Waals surface area (Å²) >= 11 is 0. The number of methoxy groups -OCH3 is 1. The fourth-order valence-electron chi connectivity index (χ4n) is 5.23. The van der Waals surface area contributed by atoms with E-state index in [4.69, 9.17) is 9.47 Å². The number of amides is 3. The van der Waals surface area contributed by atoms with Gasteiger partial charge in [0, 0.05) is 12.1 Å². The second-order valence-corrected chi connectivity index (χ2v) is 8.83. The predicted molar refractivity (Wildman–Crippen MR) is 125 cm³/mol. The lowest BCUT2D eigenvalue weighted by atomic mass is 9.85. The fourth-order valence-corrected chi connectivity index (χ4v) is 5.23. The first-order valence-electron chi connectivity index (χ1n) is 11.2. The van der Waals surface area contributed by atoms with E-state index >= 15 is 0 Å². The smallest absolute Gasteiger partial charge is 0.338 e. The van der Waals surface area contributed by atoms with Crippen molar-refractivity contribution >= 4 is 40.8 Å². The molecule has 3 aliphatic rings. The minimum Gasteiger partial charge on any atom is -0.497 e. The van der Waals surface area contributed by atoms with Crippen LogP contribution < -0.4 is 15.0 Å². The molecule has 1 heterocycles. The zero-order chi connectivity index (χ0) is 25.6. The van der Waals surface area contributed by atoms with Crippen molar-refractivity contribution < 1.29 is 33.6 Å². The van der Waals surface area contributed by atoms with E-state index in [2.05, 4.69) is 5.32 Å². The third kappa shape index (κ3) is 3.88. The summed E-state index contributed by atoms with van der Waals surface area (Å²) in [5.41, 5.74) is -0.143. The summed E-state index contributed by atoms with van der Waals surface area (Å²) in [6.45, 7) is -0.710. The maximum Gasteiger partial charge on any atom is 0.338 e. The number of benzene rings is 2. The summed E-state index contributed by atoms with van der Waals surface area (Å²) in [4.78, 5) is 62.6. The van der Waals surface area contributed by atoms with Gasteiger partial charge < -0.3 is 14.8 Å². The average Bonchev–Trinajstić information content (AvgIpc) is 3.55. The van der Waals surface area contributed by atoms with Crippen molar-refractivity contribution in [2.45, 2.75) is 6.42 Å². The number of ether oxygens (including phenoxy) is 2. The fraction of sp³-hybridized carbons (Fsp3) is 0.280. The first-order valence-corrected chi connectivity index (χ1v) is 11.2. The third-order valence-electron chi connectivity index (χ3n) is 6.82. The van der Waals surface area contributed by atoms with Gasteiger partial charge in [-0.15, -0.1) is 0 Å². The van der Waals surface area contributed by atoms with Gasteiger partial charge in [-0.25, -0.2) is 9.69 Å². The molecule has 1 N–H and O–H groups in total. The lowest BCUT2D eigenvalue weighted by Gasteiger charge is -2.18. The largest absolute Gasteiger partial charge is 0.497 e. The van der Waals surface area contributed by atoms with Crippen LogP contribution in [-0.2, 0) is 19.1 Å². The summed E-state index contributed by atoms with van der Waals surface area (Å²) in [6.07, 6.45) is 4.81. The van der Waals surface area contributed by atoms with Gasteiger partial charge in [0.1, 0.15) is 11.4 Å². The molecule has 0 radical (unpaired) electrons. The van der Waals surface area contributed by atoms with Gasteiger partial charge in [0.2, 0.25) is 11.8 Å². The topological polar surface area (TPSA) is 145 Å². The molecule has 3 amide bonds. The average molecular weight is 491 g/mol. The Bertz CT molecular complexity index is 1310. The summed E-state index contributed by atoms with van der Waals surface area (Å²) in [7, 11) is 1.37. The van der Waals surface area contributed by atoms with Gasteiger partial charge in [-0.3, -0.25) is 24.5 Å². The van der Waals surface area contributed by atoms with Gasteiger partial charge in [0.05, 0.1) is 35.1 Å². The first kappa shape index (κ1) is 23.2. The highest BCUT2D eigenvalue weighted by Gasteiger charge is 2.59. The monoisotopic (exact) mass is 491 g/mol. The minimum absolute atomic E-state index is 0.0476. The molecular formula is C25H21N3O8. The van der Waals surface area contributed by atoms with E-state index in [-0.39, 0.29) is 58.1 Å². The number of allylic oxidation sites excluding steroid dienone is 2. The Kier molecular flexibility index (Phi) is 5.75. The number of nitro benzene ring substituents is 1. The van der Waals surface area contributed by atoms with E-state index in [1.54, 1.807) is 6.07 Å². The van der Waals surface area contributed by atoms with Crippen LogP contribution >= 0.6 is 0 Å². The highest BCUT2D eigenvalue weighted by atomic mass is 16.6. The van der Waals surface area contributed by atoms with E-state index in [9.17, 15) is 29.3 Å². The summed E-state index contributed by atoms with van der Waals surface area (Å²) in [5, 5.41) is 13.6. The molecule has 1 saturated carbocycles. The molecule has 2 bridgehead atoms. The molecule has 2 aromatic carbocycles. The van der Waals surface area contributed by atoms with Crippen LogP contribution in [0.2, 0.25) is 0 Å². The number of hydrogen-bond donors (Lipinski definition) is 1. The van der Waals surface area contributed by atoms with Crippen LogP contribution in [0.5, 0.6) is 5.75 Å². The number of imide groups is 1. The number of fused-ring (bicyclic) bond motifs is 5. The van der Waals surface area contributed by atoms with E-state index in [1.165, 1.54) is 43.5 Å². The standard InChI is InChI=1S/C25H21N3O8/c1-35-17-7-8-19(28(33)34)18(11-17)26-20(29)12-36-25(32)15-3-2-4-16(10-15)27-23(30)21-13-5-6-14(9-13)22(21)24(27)31/h2-8,10-11,13-14,21-22H,9,12H2,1H3,(H,26,29)/t13-,14-,21+,22+/m0/s1. The minimum atomic E-state index is -0.854. The van der Waals surface area contributed by atoms with E-state index < -0.39 is 23.4 Å². The van der Waals surface area contributed by atoms with Crippen LogP contribution in [-0.4, -0.2) is 42.3 Å². The highest BCUT2D eigenvalue weighted by Crippen LogP contribution is 2.53. The van der Waals surface area contributed by atoms with Gasteiger partial charge in [0.25, 0.3) is 11.6 Å². The molecule has 36 heavy (non-hydrogen) atoms. The van der Waals surface area contributed by atoms with Gasteiger partial charge in [-0.05, 0) is 42.5 Å². The number of hydrogen-bond acceptors (Lipinski definition) is 8. The lowest BCUT2D eigenvalue weighted by molar-refractivity contribution is -0.383. The summed E-state index contributed by atoms with van der Waals surface area (Å²) in [5.74, 6) is -2.51. The molecule has 2 fully saturated rings. The molecule has 1 aliphatic heterocycles. The normalized spacial score (nSPS) is 23.5. The number of anilines is 2. The van der Waals surface area contributed by atoms with Crippen molar-refractivity contribution in [3.05, 3.63) is 70.3 Å². The molecule has 2 aromatic rings. The number of nitro groups is 1. The van der Waals surface area contributed by atoms with Gasteiger partial charge in [0.15, 0.2) is 6.61 Å². The number of nitrogens with zero attached hydrogens (tertiary/aromatic N) is 2. The molecule has 1 saturated heterocycles. The van der Waals surface area contributed by atoms with Crippen LogP contribution in [0.1, 0.15) is 16.8 Å². The summed E-state index contributed by atoms with van der Waals surface area (Å²) in [6, 6.07) is 9.74. The Morgan fingerprint density at radius 3 is 2.42 bits per heavy atom. The van der Waals surface area contributed by atoms with E-state index in [0.29, 0.717) is 5.75 Å². The van der Waals surface area contributed by atoms with Crippen LogP contribution in [0, 0.1) is 33.8 Å². The van der Waals surface area contributed by atoms with Crippen molar-refractivity contribution in [2.75, 3.05) is 23.9 Å². The van der Waals surface area contributed by atoms with Gasteiger partial charge in [-0.2, -0.15) is 0 Å². The van der Waals surface area contributed by atoms with Crippen molar-refractivity contribution in [2.24, 2.45) is 23.7 Å². The number of carbonyl (C=O) groups is 4. The molecule has 0 unspecified atom stereocenters. The zero-order valence-corrected chi connectivity index (χ0v) is 19.1. The van der Waals surface area contributed by atoms with Crippen molar-refractivity contribution in [3.63, 3.8) is 0 Å². The molecule has 11 heteroatoms.